The molecule has 2 heterocycles. The van der Waals surface area contributed by atoms with Gasteiger partial charge in [-0.1, -0.05) is 11.6 Å². The molecule has 0 aliphatic heterocycles. The lowest BCUT2D eigenvalue weighted by atomic mass is 10.2. The summed E-state index contributed by atoms with van der Waals surface area (Å²) in [5, 5.41) is 13.2. The van der Waals surface area contributed by atoms with Crippen molar-refractivity contribution in [2.24, 2.45) is 0 Å². The Bertz CT molecular complexity index is 1050. The molecule has 1 aliphatic carbocycles. The van der Waals surface area contributed by atoms with E-state index in [1.165, 1.54) is 11.3 Å². The second-order valence-corrected chi connectivity index (χ2v) is 8.10. The fourth-order valence-electron chi connectivity index (χ4n) is 2.88. The van der Waals surface area contributed by atoms with Gasteiger partial charge in [0.05, 0.1) is 27.7 Å². The van der Waals surface area contributed by atoms with Crippen molar-refractivity contribution < 1.29 is 9.59 Å². The third-order valence-corrected chi connectivity index (χ3v) is 6.00. The van der Waals surface area contributed by atoms with E-state index in [1.54, 1.807) is 28.3 Å². The molecule has 0 unspecified atom stereocenters. The van der Waals surface area contributed by atoms with E-state index in [0.717, 1.165) is 29.9 Å². The molecule has 2 N–H and O–H groups in total. The molecule has 6 nitrogen and oxygen atoms in total. The summed E-state index contributed by atoms with van der Waals surface area (Å²) in [6.07, 6.45) is 2.04. The molecule has 1 aliphatic rings. The van der Waals surface area contributed by atoms with Crippen LogP contribution in [0.2, 0.25) is 5.02 Å². The monoisotopic (exact) mass is 414 g/mol. The van der Waals surface area contributed by atoms with Gasteiger partial charge in [0.25, 0.3) is 11.8 Å². The van der Waals surface area contributed by atoms with E-state index in [2.05, 4.69) is 15.7 Å². The predicted molar refractivity (Wildman–Crippen MR) is 111 cm³/mol. The number of halogens is 1. The Morgan fingerprint density at radius 1 is 1.14 bits per heavy atom. The van der Waals surface area contributed by atoms with Gasteiger partial charge in [0.1, 0.15) is 5.00 Å². The van der Waals surface area contributed by atoms with Crippen molar-refractivity contribution in [3.05, 3.63) is 63.2 Å². The van der Waals surface area contributed by atoms with Crippen molar-refractivity contribution in [3.8, 4) is 5.69 Å². The Morgan fingerprint density at radius 2 is 1.86 bits per heavy atom. The Kier molecular flexibility index (Phi) is 4.95. The second kappa shape index (κ2) is 7.41. The first-order valence-electron chi connectivity index (χ1n) is 8.96. The van der Waals surface area contributed by atoms with Crippen LogP contribution in [0, 0.1) is 13.8 Å². The number of hydrogen-bond donors (Lipinski definition) is 2. The zero-order chi connectivity index (χ0) is 19.8. The number of carbonyl (C=O) groups is 2. The van der Waals surface area contributed by atoms with Crippen LogP contribution in [0.5, 0.6) is 0 Å². The number of nitrogens with zero attached hydrogens (tertiary/aromatic N) is 2. The molecule has 0 bridgehead atoms. The molecule has 2 amide bonds. The molecule has 0 saturated heterocycles. The molecule has 3 aromatic rings. The van der Waals surface area contributed by atoms with Crippen molar-refractivity contribution >= 4 is 39.8 Å². The average molecular weight is 415 g/mol. The molecule has 8 heteroatoms. The zero-order valence-electron chi connectivity index (χ0n) is 15.5. The van der Waals surface area contributed by atoms with Gasteiger partial charge in [0.2, 0.25) is 0 Å². The van der Waals surface area contributed by atoms with Crippen LogP contribution in [0.3, 0.4) is 0 Å². The Hall–Kier alpha value is -2.64. The predicted octanol–water partition coefficient (Wildman–Crippen LogP) is 4.35. The first-order chi connectivity index (χ1) is 13.4. The van der Waals surface area contributed by atoms with E-state index in [-0.39, 0.29) is 17.9 Å². The summed E-state index contributed by atoms with van der Waals surface area (Å²) in [6.45, 7) is 3.75. The molecule has 0 spiro atoms. The van der Waals surface area contributed by atoms with Crippen LogP contribution >= 0.6 is 22.9 Å². The van der Waals surface area contributed by atoms with Gasteiger partial charge in [-0.15, -0.1) is 11.3 Å². The van der Waals surface area contributed by atoms with E-state index >= 15 is 0 Å². The highest BCUT2D eigenvalue weighted by Gasteiger charge is 2.25. The number of aryl methyl sites for hydroxylation is 1. The van der Waals surface area contributed by atoms with Gasteiger partial charge >= 0.3 is 0 Å². The van der Waals surface area contributed by atoms with Gasteiger partial charge in [-0.3, -0.25) is 9.59 Å². The number of rotatable bonds is 5. The first kappa shape index (κ1) is 18.7. The van der Waals surface area contributed by atoms with Crippen LogP contribution in [0.15, 0.2) is 35.7 Å². The van der Waals surface area contributed by atoms with E-state index in [0.29, 0.717) is 21.2 Å². The van der Waals surface area contributed by atoms with E-state index in [4.69, 9.17) is 11.6 Å². The maximum absolute atomic E-state index is 12.6. The lowest BCUT2D eigenvalue weighted by molar-refractivity contribution is 0.0952. The third kappa shape index (κ3) is 3.68. The van der Waals surface area contributed by atoms with Gasteiger partial charge in [-0.05, 0) is 62.4 Å². The average Bonchev–Trinajstić information content (AvgIpc) is 3.32. The number of benzene rings is 1. The summed E-state index contributed by atoms with van der Waals surface area (Å²) in [5.41, 5.74) is 3.43. The summed E-state index contributed by atoms with van der Waals surface area (Å²) in [7, 11) is 0. The van der Waals surface area contributed by atoms with Crippen LogP contribution in [0.1, 0.15) is 44.9 Å². The molecule has 1 aromatic carbocycles. The van der Waals surface area contributed by atoms with Crippen LogP contribution in [0.4, 0.5) is 5.00 Å². The fourth-order valence-corrected chi connectivity index (χ4v) is 3.78. The fraction of sp³-hybridized carbons (Fsp3) is 0.250. The molecule has 28 heavy (non-hydrogen) atoms. The summed E-state index contributed by atoms with van der Waals surface area (Å²) < 4.78 is 1.75. The lowest BCUT2D eigenvalue weighted by Crippen LogP contribution is -2.26. The summed E-state index contributed by atoms with van der Waals surface area (Å²) in [5.74, 6) is -0.406. The minimum atomic E-state index is -0.263. The van der Waals surface area contributed by atoms with Gasteiger partial charge in [-0.25, -0.2) is 4.68 Å². The lowest BCUT2D eigenvalue weighted by Gasteiger charge is -2.08. The number of anilines is 1. The second-order valence-electron chi connectivity index (χ2n) is 6.81. The normalized spacial score (nSPS) is 13.4. The minimum Gasteiger partial charge on any atom is -0.349 e. The summed E-state index contributed by atoms with van der Waals surface area (Å²) in [4.78, 5) is 24.9. The number of carbonyl (C=O) groups excluding carboxylic acids is 2. The molecular weight excluding hydrogens is 396 g/mol. The number of nitrogens with one attached hydrogen (secondary N) is 2. The van der Waals surface area contributed by atoms with Crippen molar-refractivity contribution in [1.29, 1.82) is 0 Å². The van der Waals surface area contributed by atoms with Crippen LogP contribution in [-0.2, 0) is 0 Å². The van der Waals surface area contributed by atoms with Crippen LogP contribution in [0.25, 0.3) is 5.69 Å². The first-order valence-corrected chi connectivity index (χ1v) is 10.2. The highest BCUT2D eigenvalue weighted by atomic mass is 35.5. The van der Waals surface area contributed by atoms with E-state index in [9.17, 15) is 9.59 Å². The van der Waals surface area contributed by atoms with Crippen LogP contribution < -0.4 is 10.6 Å². The Morgan fingerprint density at radius 3 is 2.46 bits per heavy atom. The van der Waals surface area contributed by atoms with Crippen molar-refractivity contribution in [2.75, 3.05) is 5.32 Å². The summed E-state index contributed by atoms with van der Waals surface area (Å²) >= 11 is 7.54. The molecule has 1 fully saturated rings. The molecule has 1 saturated carbocycles. The largest absolute Gasteiger partial charge is 0.349 e. The quantitative estimate of drug-likeness (QED) is 0.651. The maximum Gasteiger partial charge on any atom is 0.256 e. The van der Waals surface area contributed by atoms with Crippen LogP contribution in [-0.4, -0.2) is 27.6 Å². The van der Waals surface area contributed by atoms with Crippen molar-refractivity contribution in [1.82, 2.24) is 15.1 Å². The highest BCUT2D eigenvalue weighted by Crippen LogP contribution is 2.27. The molecular formula is C20H19ClN4O2S. The molecule has 4 rings (SSSR count). The zero-order valence-corrected chi connectivity index (χ0v) is 17.0. The molecule has 2 aromatic heterocycles. The van der Waals surface area contributed by atoms with E-state index in [1.807, 2.05) is 26.0 Å². The molecule has 0 atom stereocenters. The SMILES string of the molecule is Cc1nn(-c2ccc(C(=O)Nc3sccc3C(=O)NC3CC3)cc2)c(C)c1Cl. The highest BCUT2D eigenvalue weighted by molar-refractivity contribution is 7.14. The number of amides is 2. The number of thiophene rings is 1. The molecule has 0 radical (unpaired) electrons. The van der Waals surface area contributed by atoms with Crippen molar-refractivity contribution in [3.63, 3.8) is 0 Å². The van der Waals surface area contributed by atoms with Gasteiger partial charge in [0, 0.05) is 11.6 Å². The van der Waals surface area contributed by atoms with Gasteiger partial charge < -0.3 is 10.6 Å². The smallest absolute Gasteiger partial charge is 0.256 e. The summed E-state index contributed by atoms with van der Waals surface area (Å²) in [6, 6.07) is 9.10. The maximum atomic E-state index is 12.6. The Balaban J connectivity index is 1.49. The topological polar surface area (TPSA) is 76.0 Å². The number of hydrogen-bond acceptors (Lipinski definition) is 4. The standard InChI is InChI=1S/C20H19ClN4O2S/c1-11-17(21)12(2)25(24-11)15-7-3-13(4-8-15)18(26)23-20-16(9-10-28-20)19(27)22-14-5-6-14/h3-4,7-10,14H,5-6H2,1-2H3,(H,22,27)(H,23,26). The molecule has 144 valence electrons. The van der Waals surface area contributed by atoms with Gasteiger partial charge in [-0.2, -0.15) is 5.10 Å². The third-order valence-electron chi connectivity index (χ3n) is 4.63. The van der Waals surface area contributed by atoms with Gasteiger partial charge in [0.15, 0.2) is 0 Å². The van der Waals surface area contributed by atoms with E-state index < -0.39 is 0 Å². The minimum absolute atomic E-state index is 0.143. The number of aromatic nitrogens is 2. The van der Waals surface area contributed by atoms with Crippen molar-refractivity contribution in [2.45, 2.75) is 32.7 Å². The Labute approximate surface area is 171 Å².